The van der Waals surface area contributed by atoms with Gasteiger partial charge in [0.25, 0.3) is 0 Å². The third-order valence-electron chi connectivity index (χ3n) is 2.79. The topological polar surface area (TPSA) is 32.3 Å². The highest BCUT2D eigenvalue weighted by molar-refractivity contribution is 5.84. The van der Waals surface area contributed by atoms with E-state index < -0.39 is 0 Å². The van der Waals surface area contributed by atoms with Crippen molar-refractivity contribution in [1.29, 1.82) is 0 Å². The minimum Gasteiger partial charge on any atom is -0.373 e. The Morgan fingerprint density at radius 2 is 2.12 bits per heavy atom. The molecule has 1 amide bonds. The van der Waals surface area contributed by atoms with Crippen LogP contribution >= 0.6 is 0 Å². The number of anilines is 2. The SMILES string of the molecule is CCN(C)c1cccc(C(C)C)c1NC=O. The van der Waals surface area contributed by atoms with E-state index in [2.05, 4.69) is 37.1 Å². The molecule has 3 nitrogen and oxygen atoms in total. The fourth-order valence-electron chi connectivity index (χ4n) is 1.74. The second-order valence-electron chi connectivity index (χ2n) is 4.17. The minimum absolute atomic E-state index is 0.396. The summed E-state index contributed by atoms with van der Waals surface area (Å²) in [5.41, 5.74) is 3.17. The van der Waals surface area contributed by atoms with E-state index in [9.17, 15) is 4.79 Å². The van der Waals surface area contributed by atoms with Crippen molar-refractivity contribution >= 4 is 17.8 Å². The van der Waals surface area contributed by atoms with Gasteiger partial charge in [-0.3, -0.25) is 4.79 Å². The zero-order valence-corrected chi connectivity index (χ0v) is 10.4. The number of carbonyl (C=O) groups is 1. The third kappa shape index (κ3) is 2.54. The molecule has 0 saturated heterocycles. The van der Waals surface area contributed by atoms with Crippen LogP contribution in [0.15, 0.2) is 18.2 Å². The van der Waals surface area contributed by atoms with Crippen molar-refractivity contribution in [1.82, 2.24) is 0 Å². The highest BCUT2D eigenvalue weighted by Gasteiger charge is 2.12. The minimum atomic E-state index is 0.396. The molecular weight excluding hydrogens is 200 g/mol. The summed E-state index contributed by atoms with van der Waals surface area (Å²) >= 11 is 0. The van der Waals surface area contributed by atoms with Gasteiger partial charge in [-0.05, 0) is 24.5 Å². The van der Waals surface area contributed by atoms with Gasteiger partial charge in [0.2, 0.25) is 6.41 Å². The normalized spacial score (nSPS) is 10.3. The van der Waals surface area contributed by atoms with Crippen molar-refractivity contribution in [3.63, 3.8) is 0 Å². The van der Waals surface area contributed by atoms with Crippen LogP contribution in [0.4, 0.5) is 11.4 Å². The smallest absolute Gasteiger partial charge is 0.211 e. The van der Waals surface area contributed by atoms with Gasteiger partial charge in [0, 0.05) is 13.6 Å². The molecule has 1 aromatic rings. The van der Waals surface area contributed by atoms with E-state index >= 15 is 0 Å². The summed E-state index contributed by atoms with van der Waals surface area (Å²) in [5.74, 6) is 0.396. The summed E-state index contributed by atoms with van der Waals surface area (Å²) in [4.78, 5) is 12.8. The Labute approximate surface area is 97.5 Å². The Kier molecular flexibility index (Phi) is 4.35. The molecule has 1 aromatic carbocycles. The Bertz CT molecular complexity index is 361. The van der Waals surface area contributed by atoms with Gasteiger partial charge in [-0.25, -0.2) is 0 Å². The van der Waals surface area contributed by atoms with Gasteiger partial charge in [-0.1, -0.05) is 26.0 Å². The highest BCUT2D eigenvalue weighted by atomic mass is 16.1. The maximum atomic E-state index is 10.7. The lowest BCUT2D eigenvalue weighted by Gasteiger charge is -2.23. The molecule has 0 aromatic heterocycles. The fourth-order valence-corrected chi connectivity index (χ4v) is 1.74. The van der Waals surface area contributed by atoms with Crippen LogP contribution < -0.4 is 10.2 Å². The van der Waals surface area contributed by atoms with Gasteiger partial charge in [0.05, 0.1) is 11.4 Å². The zero-order chi connectivity index (χ0) is 12.1. The van der Waals surface area contributed by atoms with Crippen molar-refractivity contribution < 1.29 is 4.79 Å². The van der Waals surface area contributed by atoms with Crippen molar-refractivity contribution in [2.24, 2.45) is 0 Å². The first-order valence-electron chi connectivity index (χ1n) is 5.66. The summed E-state index contributed by atoms with van der Waals surface area (Å²) in [6.07, 6.45) is 0.744. The average molecular weight is 220 g/mol. The molecule has 1 N–H and O–H groups in total. The summed E-state index contributed by atoms with van der Waals surface area (Å²) in [7, 11) is 2.02. The number of amides is 1. The number of rotatable bonds is 5. The number of benzene rings is 1. The Morgan fingerprint density at radius 1 is 1.44 bits per heavy atom. The van der Waals surface area contributed by atoms with Crippen LogP contribution in [0.1, 0.15) is 32.3 Å². The monoisotopic (exact) mass is 220 g/mol. The Hall–Kier alpha value is -1.51. The molecule has 0 aliphatic heterocycles. The Morgan fingerprint density at radius 3 is 2.62 bits per heavy atom. The molecule has 0 bridgehead atoms. The van der Waals surface area contributed by atoms with Crippen molar-refractivity contribution in [2.45, 2.75) is 26.7 Å². The number of nitrogens with one attached hydrogen (secondary N) is 1. The second kappa shape index (κ2) is 5.54. The molecule has 0 radical (unpaired) electrons. The second-order valence-corrected chi connectivity index (χ2v) is 4.17. The van der Waals surface area contributed by atoms with Crippen LogP contribution in [0.3, 0.4) is 0 Å². The van der Waals surface area contributed by atoms with Crippen molar-refractivity contribution in [2.75, 3.05) is 23.8 Å². The van der Waals surface area contributed by atoms with Gasteiger partial charge >= 0.3 is 0 Å². The summed E-state index contributed by atoms with van der Waals surface area (Å²) < 4.78 is 0. The molecule has 0 aliphatic carbocycles. The maximum absolute atomic E-state index is 10.7. The van der Waals surface area contributed by atoms with Crippen molar-refractivity contribution in [3.8, 4) is 0 Å². The molecule has 0 aliphatic rings. The molecule has 88 valence electrons. The predicted octanol–water partition coefficient (Wildman–Crippen LogP) is 2.83. The lowest BCUT2D eigenvalue weighted by molar-refractivity contribution is -0.105. The number of carbonyl (C=O) groups excluding carboxylic acids is 1. The number of para-hydroxylation sites is 1. The van der Waals surface area contributed by atoms with Crippen LogP contribution in [0.2, 0.25) is 0 Å². The van der Waals surface area contributed by atoms with Crippen molar-refractivity contribution in [3.05, 3.63) is 23.8 Å². The van der Waals surface area contributed by atoms with Crippen LogP contribution in [0, 0.1) is 0 Å². The van der Waals surface area contributed by atoms with Crippen LogP contribution in [-0.2, 0) is 4.79 Å². The molecule has 1 rings (SSSR count). The van der Waals surface area contributed by atoms with E-state index in [1.54, 1.807) is 0 Å². The van der Waals surface area contributed by atoms with E-state index in [0.29, 0.717) is 5.92 Å². The molecule has 16 heavy (non-hydrogen) atoms. The van der Waals surface area contributed by atoms with Crippen LogP contribution in [0.25, 0.3) is 0 Å². The zero-order valence-electron chi connectivity index (χ0n) is 10.4. The number of nitrogens with zero attached hydrogens (tertiary/aromatic N) is 1. The first-order valence-corrected chi connectivity index (χ1v) is 5.66. The first-order chi connectivity index (χ1) is 7.61. The molecule has 0 saturated carbocycles. The van der Waals surface area contributed by atoms with Crippen LogP contribution in [-0.4, -0.2) is 20.0 Å². The van der Waals surface area contributed by atoms with E-state index in [0.717, 1.165) is 24.3 Å². The summed E-state index contributed by atoms with van der Waals surface area (Å²) in [5, 5.41) is 2.82. The largest absolute Gasteiger partial charge is 0.373 e. The molecule has 0 spiro atoms. The van der Waals surface area contributed by atoms with E-state index in [1.165, 1.54) is 5.56 Å². The molecular formula is C13H20N2O. The van der Waals surface area contributed by atoms with Crippen LogP contribution in [0.5, 0.6) is 0 Å². The molecule has 0 atom stereocenters. The maximum Gasteiger partial charge on any atom is 0.211 e. The van der Waals surface area contributed by atoms with Gasteiger partial charge in [0.1, 0.15) is 0 Å². The average Bonchev–Trinajstić information content (AvgIpc) is 2.28. The molecule has 0 unspecified atom stereocenters. The van der Waals surface area contributed by atoms with Gasteiger partial charge in [-0.2, -0.15) is 0 Å². The number of hydrogen-bond donors (Lipinski definition) is 1. The number of hydrogen-bond acceptors (Lipinski definition) is 2. The predicted molar refractivity (Wildman–Crippen MR) is 69.2 cm³/mol. The van der Waals surface area contributed by atoms with E-state index in [-0.39, 0.29) is 0 Å². The highest BCUT2D eigenvalue weighted by Crippen LogP contribution is 2.32. The lowest BCUT2D eigenvalue weighted by Crippen LogP contribution is -2.18. The van der Waals surface area contributed by atoms with Gasteiger partial charge < -0.3 is 10.2 Å². The first kappa shape index (κ1) is 12.6. The van der Waals surface area contributed by atoms with E-state index in [4.69, 9.17) is 0 Å². The van der Waals surface area contributed by atoms with Gasteiger partial charge in [0.15, 0.2) is 0 Å². The standard InChI is InChI=1S/C13H20N2O/c1-5-15(4)12-8-6-7-11(10(2)3)13(12)14-9-16/h6-10H,5H2,1-4H3,(H,14,16). The fraction of sp³-hybridized carbons (Fsp3) is 0.462. The van der Waals surface area contributed by atoms with E-state index in [1.807, 2.05) is 19.2 Å². The lowest BCUT2D eigenvalue weighted by atomic mass is 9.99. The summed E-state index contributed by atoms with van der Waals surface area (Å²) in [6.45, 7) is 7.25. The van der Waals surface area contributed by atoms with Gasteiger partial charge in [-0.15, -0.1) is 0 Å². The molecule has 0 fully saturated rings. The quantitative estimate of drug-likeness (QED) is 0.774. The Balaban J connectivity index is 3.25. The summed E-state index contributed by atoms with van der Waals surface area (Å²) in [6, 6.07) is 6.12. The third-order valence-corrected chi connectivity index (χ3v) is 2.79. The molecule has 0 heterocycles. The molecule has 3 heteroatoms.